The second kappa shape index (κ2) is 12.1. The van der Waals surface area contributed by atoms with Gasteiger partial charge >= 0.3 is 0 Å². The molecule has 6 bridgehead atoms. The van der Waals surface area contributed by atoms with E-state index in [1.165, 1.54) is 19.3 Å². The predicted octanol–water partition coefficient (Wildman–Crippen LogP) is 6.74. The van der Waals surface area contributed by atoms with Gasteiger partial charge in [0.1, 0.15) is 33.6 Å². The first kappa shape index (κ1) is 41.8. The van der Waals surface area contributed by atoms with Crippen LogP contribution in [0.2, 0.25) is 0 Å². The minimum atomic E-state index is -1.13. The fraction of sp³-hybridized carbons (Fsp3) is 1.00. The third kappa shape index (κ3) is 5.26. The van der Waals surface area contributed by atoms with Gasteiger partial charge in [-0.3, -0.25) is 0 Å². The van der Waals surface area contributed by atoms with Gasteiger partial charge in [0.2, 0.25) is 0 Å². The molecule has 0 aromatic carbocycles. The Morgan fingerprint density at radius 3 is 0.778 bits per heavy atom. The van der Waals surface area contributed by atoms with Crippen molar-refractivity contribution in [3.8, 4) is 0 Å². The molecule has 3 spiro atoms. The summed E-state index contributed by atoms with van der Waals surface area (Å²) in [6.45, 7) is 24.9. The Bertz CT molecular complexity index is 1280. The summed E-state index contributed by atoms with van der Waals surface area (Å²) in [4.78, 5) is 0. The highest BCUT2D eigenvalue weighted by Gasteiger charge is 2.75. The van der Waals surface area contributed by atoms with Crippen molar-refractivity contribution in [1.29, 1.82) is 0 Å². The summed E-state index contributed by atoms with van der Waals surface area (Å²) >= 11 is 0. The van der Waals surface area contributed by atoms with Gasteiger partial charge in [0, 0.05) is 0 Å². The molecule has 9 fully saturated rings. The van der Waals surface area contributed by atoms with Crippen LogP contribution in [0.4, 0.5) is 0 Å². The normalized spacial score (nSPS) is 58.3. The minimum absolute atomic E-state index is 0. The van der Waals surface area contributed by atoms with Gasteiger partial charge in [-0.25, -0.2) is 0 Å². The molecule has 54 heavy (non-hydrogen) atoms. The lowest BCUT2D eigenvalue weighted by atomic mass is 9.50. The lowest BCUT2D eigenvalue weighted by molar-refractivity contribution is -0.289. The quantitative estimate of drug-likeness (QED) is 0.158. The lowest BCUT2D eigenvalue weighted by Crippen LogP contribution is -2.70. The Balaban J connectivity index is 0.000000125. The third-order valence-corrected chi connectivity index (χ3v) is 19.2. The molecule has 9 nitrogen and oxygen atoms in total. The Kier molecular flexibility index (Phi) is 9.38. The van der Waals surface area contributed by atoms with E-state index in [0.29, 0.717) is 37.0 Å². The first-order chi connectivity index (χ1) is 24.4. The zero-order valence-corrected chi connectivity index (χ0v) is 36.0. The molecular formula is C45H78O9. The Morgan fingerprint density at radius 1 is 0.352 bits per heavy atom. The average Bonchev–Trinajstić information content (AvgIpc) is 3.57. The maximum Gasteiger partial charge on any atom is 0.117 e. The zero-order chi connectivity index (χ0) is 40.2. The van der Waals surface area contributed by atoms with Gasteiger partial charge in [-0.05, 0) is 193 Å². The van der Waals surface area contributed by atoms with Crippen LogP contribution in [0.3, 0.4) is 0 Å². The highest BCUT2D eigenvalue weighted by molar-refractivity contribution is 5.24. The SMILES string of the molecule is CC1(C)O[C@]23C[C@H]1CC[C@]2(C)CC[C@H](O)[C@@]3(C)O.CC1(C)O[C@]23C[C@H]1CC[C@]2(C)CC[C@H](O)[C@@]3(C)O.CC1(C)O[C@]23C[C@H]1CC[C@]2(C)CC[C@H](O)[C@@]3(C)O. The average molecular weight is 763 g/mol. The van der Waals surface area contributed by atoms with Crippen LogP contribution >= 0.6 is 0 Å². The van der Waals surface area contributed by atoms with E-state index in [1.54, 1.807) is 20.8 Å². The minimum Gasteiger partial charge on any atom is -0.390 e. The Morgan fingerprint density at radius 2 is 0.556 bits per heavy atom. The molecule has 9 heteroatoms. The van der Waals surface area contributed by atoms with Gasteiger partial charge in [0.25, 0.3) is 0 Å². The fourth-order valence-electron chi connectivity index (χ4n) is 14.8. The van der Waals surface area contributed by atoms with E-state index in [1.807, 2.05) is 0 Å². The molecule has 6 N–H and O–H groups in total. The van der Waals surface area contributed by atoms with Crippen molar-refractivity contribution in [2.24, 2.45) is 34.0 Å². The first-order valence-corrected chi connectivity index (χ1v) is 21.8. The first-order valence-electron chi connectivity index (χ1n) is 21.8. The van der Waals surface area contributed by atoms with Gasteiger partial charge in [-0.15, -0.1) is 0 Å². The van der Waals surface area contributed by atoms with E-state index in [0.717, 1.165) is 57.8 Å². The molecule has 6 aliphatic carbocycles. The van der Waals surface area contributed by atoms with Gasteiger partial charge < -0.3 is 44.8 Å². The highest BCUT2D eigenvalue weighted by atomic mass is 16.6. The number of hydrogen-bond acceptors (Lipinski definition) is 9. The van der Waals surface area contributed by atoms with Crippen molar-refractivity contribution in [2.45, 2.75) is 248 Å². The van der Waals surface area contributed by atoms with Crippen LogP contribution in [0.25, 0.3) is 0 Å². The van der Waals surface area contributed by atoms with Gasteiger partial charge in [0.05, 0.1) is 35.1 Å². The van der Waals surface area contributed by atoms with Crippen LogP contribution in [0.15, 0.2) is 0 Å². The van der Waals surface area contributed by atoms with E-state index >= 15 is 0 Å². The molecule has 0 aromatic rings. The number of aliphatic hydroxyl groups excluding tert-OH is 3. The van der Waals surface area contributed by atoms with E-state index < -0.39 is 51.9 Å². The topological polar surface area (TPSA) is 149 Å². The molecule has 3 heterocycles. The fourth-order valence-corrected chi connectivity index (χ4v) is 14.8. The van der Waals surface area contributed by atoms with Crippen molar-refractivity contribution in [3.63, 3.8) is 0 Å². The number of aliphatic hydroxyl groups is 6. The van der Waals surface area contributed by atoms with Crippen LogP contribution in [-0.4, -0.2) is 99.4 Å². The molecule has 9 rings (SSSR count). The summed E-state index contributed by atoms with van der Waals surface area (Å²) in [5, 5.41) is 63.5. The number of fused-ring (bicyclic) bond motifs is 3. The summed E-state index contributed by atoms with van der Waals surface area (Å²) in [5.41, 5.74) is -5.64. The van der Waals surface area contributed by atoms with Crippen LogP contribution < -0.4 is 0 Å². The third-order valence-electron chi connectivity index (χ3n) is 19.2. The summed E-state index contributed by atoms with van der Waals surface area (Å²) in [6, 6.07) is 0. The number of ether oxygens (including phenoxy) is 3. The van der Waals surface area contributed by atoms with Crippen molar-refractivity contribution in [1.82, 2.24) is 0 Å². The smallest absolute Gasteiger partial charge is 0.117 e. The van der Waals surface area contributed by atoms with E-state index in [4.69, 9.17) is 14.2 Å². The molecule has 0 amide bonds. The predicted molar refractivity (Wildman–Crippen MR) is 208 cm³/mol. The molecule has 0 radical (unpaired) electrons. The summed E-state index contributed by atoms with van der Waals surface area (Å²) in [6.07, 6.45) is 12.4. The molecule has 6 saturated carbocycles. The maximum atomic E-state index is 10.9. The van der Waals surface area contributed by atoms with Crippen LogP contribution in [0, 0.1) is 34.0 Å². The van der Waals surface area contributed by atoms with Gasteiger partial charge in [-0.1, -0.05) is 20.8 Å². The van der Waals surface area contributed by atoms with Crippen molar-refractivity contribution in [2.75, 3.05) is 0 Å². The molecule has 15 atom stereocenters. The van der Waals surface area contributed by atoms with Gasteiger partial charge in [0.15, 0.2) is 0 Å². The zero-order valence-electron chi connectivity index (χ0n) is 36.0. The summed E-state index contributed by atoms with van der Waals surface area (Å²) in [5.74, 6) is 1.51. The van der Waals surface area contributed by atoms with Gasteiger partial charge in [-0.2, -0.15) is 0 Å². The van der Waals surface area contributed by atoms with Crippen molar-refractivity contribution in [3.05, 3.63) is 0 Å². The number of hydrogen-bond donors (Lipinski definition) is 6. The summed E-state index contributed by atoms with van der Waals surface area (Å²) in [7, 11) is 0. The molecule has 0 aromatic heterocycles. The Labute approximate surface area is 326 Å². The van der Waals surface area contributed by atoms with Crippen LogP contribution in [0.5, 0.6) is 0 Å². The van der Waals surface area contributed by atoms with E-state index in [9.17, 15) is 30.6 Å². The van der Waals surface area contributed by atoms with Crippen molar-refractivity contribution >= 4 is 0 Å². The largest absolute Gasteiger partial charge is 0.390 e. The standard InChI is InChI=1S/3C15H26O3/c3*1-12(2)10-5-7-13(3)8-6-11(16)14(4,17)15(13,9-10)18-12/h3*10-11,16-17H,5-9H2,1-4H3/t3*10-,11+,13-,14-,15-/m111/s1. The molecule has 312 valence electrons. The van der Waals surface area contributed by atoms with Crippen LogP contribution in [-0.2, 0) is 14.2 Å². The van der Waals surface area contributed by atoms with E-state index in [-0.39, 0.29) is 33.0 Å². The van der Waals surface area contributed by atoms with E-state index in [2.05, 4.69) is 62.3 Å². The molecule has 3 saturated heterocycles. The number of rotatable bonds is 0. The second-order valence-corrected chi connectivity index (χ2v) is 23.2. The molecule has 9 aliphatic rings. The molecule has 3 aliphatic heterocycles. The Hall–Kier alpha value is -0.360. The van der Waals surface area contributed by atoms with Crippen LogP contribution in [0.1, 0.15) is 179 Å². The van der Waals surface area contributed by atoms with Crippen molar-refractivity contribution < 1.29 is 44.8 Å². The maximum absolute atomic E-state index is 10.9. The lowest BCUT2D eigenvalue weighted by Gasteiger charge is -2.60. The highest BCUT2D eigenvalue weighted by Crippen LogP contribution is 2.69. The second-order valence-electron chi connectivity index (χ2n) is 23.2. The molecule has 0 unspecified atom stereocenters. The summed E-state index contributed by atoms with van der Waals surface area (Å²) < 4.78 is 19.3. The monoisotopic (exact) mass is 763 g/mol. The molecular weight excluding hydrogens is 684 g/mol.